The number of nitrogens with zero attached hydrogens (tertiary/aromatic N) is 10. The Bertz CT molecular complexity index is 3210. The summed E-state index contributed by atoms with van der Waals surface area (Å²) in [5.74, 6) is -1.26. The van der Waals surface area contributed by atoms with Gasteiger partial charge in [0.1, 0.15) is 42.0 Å². The van der Waals surface area contributed by atoms with E-state index in [0.29, 0.717) is 0 Å². The lowest BCUT2D eigenvalue weighted by Crippen LogP contribution is -2.05. The molecule has 0 heterocycles. The summed E-state index contributed by atoms with van der Waals surface area (Å²) in [6.07, 6.45) is 0. The molecule has 0 atom stereocenters. The number of benzene rings is 5. The first-order chi connectivity index (χ1) is 29.2. The van der Waals surface area contributed by atoms with Crippen LogP contribution in [0.5, 0.6) is 0 Å². The number of rotatable bonds is 4. The Hall–Kier alpha value is -10.2. The minimum Gasteiger partial charge on any atom is -0.250 e. The van der Waals surface area contributed by atoms with Gasteiger partial charge in [0.05, 0.1) is 65.8 Å². The molecule has 0 amide bonds. The van der Waals surface area contributed by atoms with Gasteiger partial charge in [0.15, 0.2) is 11.4 Å². The lowest BCUT2D eigenvalue weighted by atomic mass is 9.81. The van der Waals surface area contributed by atoms with Crippen molar-refractivity contribution in [3.8, 4) is 36.4 Å². The molecule has 7 rings (SSSR count). The van der Waals surface area contributed by atoms with E-state index in [1.807, 2.05) is 12.1 Å². The molecule has 2 aliphatic carbocycles. The van der Waals surface area contributed by atoms with Crippen molar-refractivity contribution in [1.82, 2.24) is 0 Å². The van der Waals surface area contributed by atoms with Crippen molar-refractivity contribution < 1.29 is 8.78 Å². The summed E-state index contributed by atoms with van der Waals surface area (Å²) >= 11 is 0. The highest BCUT2D eigenvalue weighted by Gasteiger charge is 2.43. The molecule has 10 nitrogen and oxygen atoms in total. The van der Waals surface area contributed by atoms with Crippen LogP contribution in [0.2, 0.25) is 0 Å². The number of fused-ring (bicyclic) bond motifs is 2. The fraction of sp³-hybridized carbons (Fsp3) is 0. The summed E-state index contributed by atoms with van der Waals surface area (Å²) in [4.78, 5) is 14.5. The van der Waals surface area contributed by atoms with E-state index in [2.05, 4.69) is 43.7 Å². The highest BCUT2D eigenvalue weighted by atomic mass is 19.1. The standard InChI is InChI=1S/C48H14F2N10/c1-57-37-16-11-27(18-38(37)58-2)33(21-53)42-40(26-9-14-32(50)15-10-26)48(60-4)45-35(23-55)41-34(22-54)39(25-7-12-31(49)13-8-25)46(43(41)36(24-56)44(42)45)47(59-3)28-5-6-29(19-51)30(17-28)20-52/h5-18H/b42-33+,47-46-. The van der Waals surface area contributed by atoms with Crippen LogP contribution < -0.4 is 0 Å². The van der Waals surface area contributed by atoms with Gasteiger partial charge in [0.25, 0.3) is 0 Å². The second-order valence-corrected chi connectivity index (χ2v) is 12.8. The van der Waals surface area contributed by atoms with Gasteiger partial charge in [0, 0.05) is 16.7 Å². The molecule has 270 valence electrons. The number of nitriles is 6. The van der Waals surface area contributed by atoms with E-state index in [1.165, 1.54) is 60.7 Å². The lowest BCUT2D eigenvalue weighted by molar-refractivity contribution is 0.627. The first-order valence-corrected chi connectivity index (χ1v) is 17.1. The van der Waals surface area contributed by atoms with E-state index in [0.717, 1.165) is 24.3 Å². The second kappa shape index (κ2) is 15.2. The Balaban J connectivity index is 1.77. The number of hydrogen-bond donors (Lipinski definition) is 0. The van der Waals surface area contributed by atoms with Gasteiger partial charge in [-0.1, -0.05) is 48.5 Å². The number of hydrogen-bond acceptors (Lipinski definition) is 6. The van der Waals surface area contributed by atoms with Crippen LogP contribution in [-0.4, -0.2) is 0 Å². The Morgan fingerprint density at radius 1 is 0.500 bits per heavy atom. The smallest absolute Gasteiger partial charge is 0.204 e. The quantitative estimate of drug-likeness (QED) is 0.131. The van der Waals surface area contributed by atoms with Crippen LogP contribution in [0.1, 0.15) is 66.8 Å². The van der Waals surface area contributed by atoms with Crippen molar-refractivity contribution in [1.29, 1.82) is 31.6 Å². The molecular weight excluding hydrogens is 755 g/mol. The third kappa shape index (κ3) is 5.68. The molecule has 5 aromatic carbocycles. The molecule has 0 aromatic heterocycles. The Morgan fingerprint density at radius 2 is 1.07 bits per heavy atom. The van der Waals surface area contributed by atoms with Crippen LogP contribution >= 0.6 is 0 Å². The van der Waals surface area contributed by atoms with Crippen LogP contribution in [0.3, 0.4) is 0 Å². The van der Waals surface area contributed by atoms with Crippen molar-refractivity contribution in [2.75, 3.05) is 0 Å². The Morgan fingerprint density at radius 3 is 1.58 bits per heavy atom. The fourth-order valence-corrected chi connectivity index (χ4v) is 7.49. The molecule has 0 fully saturated rings. The van der Waals surface area contributed by atoms with Crippen molar-refractivity contribution in [2.45, 2.75) is 0 Å². The average molecular weight is 769 g/mol. The van der Waals surface area contributed by atoms with E-state index < -0.39 is 11.6 Å². The van der Waals surface area contributed by atoms with Crippen LogP contribution in [0.25, 0.3) is 64.2 Å². The molecule has 0 spiro atoms. The number of halogens is 2. The summed E-state index contributed by atoms with van der Waals surface area (Å²) < 4.78 is 28.8. The molecule has 12 heteroatoms. The molecule has 0 unspecified atom stereocenters. The molecule has 5 aromatic rings. The van der Waals surface area contributed by atoms with Crippen LogP contribution in [0.15, 0.2) is 84.9 Å². The van der Waals surface area contributed by atoms with Gasteiger partial charge < -0.3 is 0 Å². The third-order valence-corrected chi connectivity index (χ3v) is 9.94. The maximum absolute atomic E-state index is 14.4. The molecular formula is C48H14F2N10. The van der Waals surface area contributed by atoms with Crippen molar-refractivity contribution in [3.63, 3.8) is 0 Å². The second-order valence-electron chi connectivity index (χ2n) is 12.8. The zero-order chi connectivity index (χ0) is 42.8. The molecule has 0 saturated carbocycles. The monoisotopic (exact) mass is 768 g/mol. The Kier molecular flexibility index (Phi) is 9.63. The molecule has 0 bridgehead atoms. The maximum Gasteiger partial charge on any atom is 0.204 e. The van der Waals surface area contributed by atoms with Crippen molar-refractivity contribution >= 4 is 56.2 Å². The largest absolute Gasteiger partial charge is 0.250 e. The average Bonchev–Trinajstić information content (AvgIpc) is 3.79. The van der Waals surface area contributed by atoms with E-state index in [9.17, 15) is 40.4 Å². The van der Waals surface area contributed by atoms with Gasteiger partial charge in [-0.05, 0) is 86.5 Å². The van der Waals surface area contributed by atoms with Gasteiger partial charge >= 0.3 is 0 Å². The fourth-order valence-electron chi connectivity index (χ4n) is 7.49. The minimum atomic E-state index is -0.630. The molecule has 0 N–H and O–H groups in total. The van der Waals surface area contributed by atoms with Gasteiger partial charge in [-0.3, -0.25) is 9.69 Å². The maximum atomic E-state index is 14.4. The van der Waals surface area contributed by atoms with Gasteiger partial charge in [0.2, 0.25) is 11.4 Å². The van der Waals surface area contributed by atoms with Gasteiger partial charge in [-0.25, -0.2) is 18.5 Å². The van der Waals surface area contributed by atoms with E-state index >= 15 is 0 Å². The highest BCUT2D eigenvalue weighted by molar-refractivity contribution is 6.35. The predicted molar refractivity (Wildman–Crippen MR) is 215 cm³/mol. The van der Waals surface area contributed by atoms with E-state index in [-0.39, 0.29) is 123 Å². The molecule has 0 saturated heterocycles. The summed E-state index contributed by atoms with van der Waals surface area (Å²) in [6.45, 7) is 32.2. The van der Waals surface area contributed by atoms with Gasteiger partial charge in [-0.2, -0.15) is 31.6 Å². The summed E-state index contributed by atoms with van der Waals surface area (Å²) in [5, 5.41) is 64.0. The zero-order valence-electron chi connectivity index (χ0n) is 30.3. The van der Waals surface area contributed by atoms with E-state index in [4.69, 9.17) is 26.3 Å². The van der Waals surface area contributed by atoms with E-state index in [1.54, 1.807) is 0 Å². The van der Waals surface area contributed by atoms with Crippen molar-refractivity contribution in [3.05, 3.63) is 209 Å². The molecule has 60 heavy (non-hydrogen) atoms. The number of allylic oxidation sites excluding steroid dienone is 6. The summed E-state index contributed by atoms with van der Waals surface area (Å²) in [7, 11) is 0. The van der Waals surface area contributed by atoms with Crippen molar-refractivity contribution in [2.24, 2.45) is 0 Å². The highest BCUT2D eigenvalue weighted by Crippen LogP contribution is 2.59. The molecule has 2 aliphatic rings. The van der Waals surface area contributed by atoms with Crippen LogP contribution in [0.4, 0.5) is 20.2 Å². The SMILES string of the molecule is [C-]#[N+]C1=C(c2ccc(F)cc2)/C(=C(/C#N)c2ccc([N+]#[C-])c([N+]#[C-])c2)c2c(C#N)c3c(c(C#N)c21)C(C#N)=C(c1ccc(F)cc1)/C3=C(/[N+]#[C-])c1ccc(C#N)c(C#N)c1. The molecule has 0 radical (unpaired) electrons. The summed E-state index contributed by atoms with van der Waals surface area (Å²) in [5.41, 5.74) is -1.55. The normalized spacial score (nSPS) is 13.6. The minimum absolute atomic E-state index is 0.00597. The first kappa shape index (κ1) is 38.1. The zero-order valence-corrected chi connectivity index (χ0v) is 30.3. The Labute approximate surface area is 341 Å². The first-order valence-electron chi connectivity index (χ1n) is 17.1. The topological polar surface area (TPSA) is 160 Å². The lowest BCUT2D eigenvalue weighted by Gasteiger charge is -2.19. The van der Waals surface area contributed by atoms with Gasteiger partial charge in [-0.15, -0.1) is 0 Å². The van der Waals surface area contributed by atoms with Crippen LogP contribution in [-0.2, 0) is 0 Å². The summed E-state index contributed by atoms with van der Waals surface area (Å²) in [6, 6.07) is 30.3. The van der Waals surface area contributed by atoms with Crippen LogP contribution in [0, 0.1) is 106 Å². The predicted octanol–water partition coefficient (Wildman–Crippen LogP) is 11.0. The molecule has 0 aliphatic heterocycles. The third-order valence-electron chi connectivity index (χ3n) is 9.94.